The molecule has 0 saturated heterocycles. The minimum absolute atomic E-state index is 0.127. The predicted octanol–water partition coefficient (Wildman–Crippen LogP) is 0.969. The first-order valence-corrected chi connectivity index (χ1v) is 7.37. The van der Waals surface area contributed by atoms with Gasteiger partial charge in [0.1, 0.15) is 11.8 Å². The van der Waals surface area contributed by atoms with Crippen molar-refractivity contribution in [1.29, 1.82) is 0 Å². The van der Waals surface area contributed by atoms with Crippen molar-refractivity contribution in [3.8, 4) is 5.75 Å². The number of aromatic hydroxyl groups is 1. The van der Waals surface area contributed by atoms with E-state index in [1.165, 1.54) is 0 Å². The number of aromatic amines is 1. The van der Waals surface area contributed by atoms with Crippen molar-refractivity contribution in [3.63, 3.8) is 0 Å². The zero-order valence-electron chi connectivity index (χ0n) is 13.0. The lowest BCUT2D eigenvalue weighted by Gasteiger charge is -2.20. The van der Waals surface area contributed by atoms with Crippen LogP contribution < -0.4 is 11.1 Å². The van der Waals surface area contributed by atoms with E-state index in [1.807, 2.05) is 0 Å². The summed E-state index contributed by atoms with van der Waals surface area (Å²) >= 11 is 0. The number of benzene rings is 1. The molecular weight excluding hydrogens is 298 g/mol. The fourth-order valence-electron chi connectivity index (χ4n) is 2.44. The smallest absolute Gasteiger partial charge is 0.326 e. The number of carboxylic acid groups (broad SMARTS) is 1. The molecule has 7 nitrogen and oxygen atoms in total. The quantitative estimate of drug-likeness (QED) is 0.542. The van der Waals surface area contributed by atoms with Crippen molar-refractivity contribution in [2.45, 2.75) is 32.4 Å². The number of hydrogen-bond donors (Lipinski definition) is 5. The Morgan fingerprint density at radius 2 is 2.04 bits per heavy atom. The molecule has 0 fully saturated rings. The van der Waals surface area contributed by atoms with Gasteiger partial charge in [-0.15, -0.1) is 0 Å². The zero-order valence-corrected chi connectivity index (χ0v) is 13.0. The SMILES string of the molecule is CC(C)[C@H](NC(=O)[C@@H](N)Cc1c[nH]c2ccc(O)cc12)C(=O)O. The van der Waals surface area contributed by atoms with Crippen molar-refractivity contribution < 1.29 is 19.8 Å². The van der Waals surface area contributed by atoms with Crippen LogP contribution in [0.3, 0.4) is 0 Å². The highest BCUT2D eigenvalue weighted by atomic mass is 16.4. The second kappa shape index (κ2) is 6.70. The fraction of sp³-hybridized carbons (Fsp3) is 0.375. The molecule has 0 saturated carbocycles. The second-order valence-electron chi connectivity index (χ2n) is 5.92. The Bertz CT molecular complexity index is 723. The molecule has 23 heavy (non-hydrogen) atoms. The highest BCUT2D eigenvalue weighted by Gasteiger charge is 2.26. The Balaban J connectivity index is 2.11. The van der Waals surface area contributed by atoms with Gasteiger partial charge < -0.3 is 26.2 Å². The summed E-state index contributed by atoms with van der Waals surface area (Å²) in [6, 6.07) is 3.05. The number of rotatable bonds is 6. The molecule has 124 valence electrons. The van der Waals surface area contributed by atoms with Crippen molar-refractivity contribution in [3.05, 3.63) is 30.0 Å². The van der Waals surface area contributed by atoms with Gasteiger partial charge >= 0.3 is 5.97 Å². The fourth-order valence-corrected chi connectivity index (χ4v) is 2.44. The van der Waals surface area contributed by atoms with E-state index in [4.69, 9.17) is 10.8 Å². The molecule has 6 N–H and O–H groups in total. The van der Waals surface area contributed by atoms with Crippen LogP contribution in [0.5, 0.6) is 5.75 Å². The third-order valence-electron chi connectivity index (χ3n) is 3.76. The van der Waals surface area contributed by atoms with Crippen LogP contribution in [0.25, 0.3) is 10.9 Å². The molecule has 2 aromatic rings. The second-order valence-corrected chi connectivity index (χ2v) is 5.92. The zero-order chi connectivity index (χ0) is 17.1. The van der Waals surface area contributed by atoms with Crippen LogP contribution in [-0.4, -0.2) is 39.2 Å². The summed E-state index contributed by atoms with van der Waals surface area (Å²) in [4.78, 5) is 26.3. The third kappa shape index (κ3) is 3.81. The van der Waals surface area contributed by atoms with Crippen LogP contribution in [0, 0.1) is 5.92 Å². The first kappa shape index (κ1) is 16.8. The first-order chi connectivity index (χ1) is 10.8. The summed E-state index contributed by atoms with van der Waals surface area (Å²) in [6.07, 6.45) is 1.97. The van der Waals surface area contributed by atoms with Crippen molar-refractivity contribution in [1.82, 2.24) is 10.3 Å². The van der Waals surface area contributed by atoms with Gasteiger partial charge in [0.05, 0.1) is 6.04 Å². The molecule has 0 unspecified atom stereocenters. The number of phenolic OH excluding ortho intramolecular Hbond substituents is 1. The molecule has 2 rings (SSSR count). The molecule has 1 amide bonds. The number of aliphatic carboxylic acids is 1. The number of H-pyrrole nitrogens is 1. The molecule has 1 aromatic carbocycles. The lowest BCUT2D eigenvalue weighted by Crippen LogP contribution is -2.51. The lowest BCUT2D eigenvalue weighted by atomic mass is 10.0. The predicted molar refractivity (Wildman–Crippen MR) is 86.0 cm³/mol. The number of hydrogen-bond acceptors (Lipinski definition) is 4. The number of phenols is 1. The van der Waals surface area contributed by atoms with Gasteiger partial charge in [0.15, 0.2) is 0 Å². The van der Waals surface area contributed by atoms with E-state index in [1.54, 1.807) is 38.2 Å². The minimum atomic E-state index is -1.09. The van der Waals surface area contributed by atoms with E-state index in [-0.39, 0.29) is 18.1 Å². The summed E-state index contributed by atoms with van der Waals surface area (Å²) in [5, 5.41) is 21.9. The van der Waals surface area contributed by atoms with Gasteiger partial charge in [0.25, 0.3) is 0 Å². The van der Waals surface area contributed by atoms with Crippen LogP contribution in [0.1, 0.15) is 19.4 Å². The Morgan fingerprint density at radius 1 is 1.35 bits per heavy atom. The standard InChI is InChI=1S/C16H21N3O4/c1-8(2)14(16(22)23)19-15(21)12(17)5-9-7-18-13-4-3-10(20)6-11(9)13/h3-4,6-8,12,14,18,20H,5,17H2,1-2H3,(H,19,21)(H,22,23)/t12-,14-/m0/s1. The molecule has 7 heteroatoms. The van der Waals surface area contributed by atoms with E-state index in [9.17, 15) is 14.7 Å². The van der Waals surface area contributed by atoms with Crippen molar-refractivity contribution >= 4 is 22.8 Å². The van der Waals surface area contributed by atoms with E-state index in [0.29, 0.717) is 0 Å². The number of carbonyl (C=O) groups is 2. The van der Waals surface area contributed by atoms with E-state index in [2.05, 4.69) is 10.3 Å². The molecule has 1 aromatic heterocycles. The average molecular weight is 319 g/mol. The molecule has 0 aliphatic rings. The highest BCUT2D eigenvalue weighted by molar-refractivity contribution is 5.89. The number of aromatic nitrogens is 1. The third-order valence-corrected chi connectivity index (χ3v) is 3.76. The molecule has 2 atom stereocenters. The van der Waals surface area contributed by atoms with Gasteiger partial charge in [-0.3, -0.25) is 4.79 Å². The Morgan fingerprint density at radius 3 is 2.65 bits per heavy atom. The molecule has 1 heterocycles. The van der Waals surface area contributed by atoms with E-state index in [0.717, 1.165) is 16.5 Å². The average Bonchev–Trinajstić information content (AvgIpc) is 2.86. The molecule has 0 aliphatic carbocycles. The van der Waals surface area contributed by atoms with Gasteiger partial charge in [0.2, 0.25) is 5.91 Å². The number of fused-ring (bicyclic) bond motifs is 1. The monoisotopic (exact) mass is 319 g/mol. The number of nitrogens with one attached hydrogen (secondary N) is 2. The van der Waals surface area contributed by atoms with Crippen LogP contribution in [-0.2, 0) is 16.0 Å². The summed E-state index contributed by atoms with van der Waals surface area (Å²) in [5.41, 5.74) is 7.52. The molecular formula is C16H21N3O4. The molecule has 0 spiro atoms. The number of amides is 1. The topological polar surface area (TPSA) is 128 Å². The first-order valence-electron chi connectivity index (χ1n) is 7.37. The normalized spacial score (nSPS) is 13.9. The molecule has 0 bridgehead atoms. The van der Waals surface area contributed by atoms with Gasteiger partial charge in [-0.05, 0) is 36.1 Å². The Labute approximate surface area is 133 Å². The summed E-state index contributed by atoms with van der Waals surface area (Å²) < 4.78 is 0. The molecule has 0 aliphatic heterocycles. The minimum Gasteiger partial charge on any atom is -0.508 e. The van der Waals surface area contributed by atoms with Crippen LogP contribution >= 0.6 is 0 Å². The van der Waals surface area contributed by atoms with Gasteiger partial charge in [-0.25, -0.2) is 4.79 Å². The van der Waals surface area contributed by atoms with Crippen molar-refractivity contribution in [2.75, 3.05) is 0 Å². The lowest BCUT2D eigenvalue weighted by molar-refractivity contribution is -0.143. The van der Waals surface area contributed by atoms with Crippen LogP contribution in [0.2, 0.25) is 0 Å². The maximum atomic E-state index is 12.1. The summed E-state index contributed by atoms with van der Waals surface area (Å²) in [7, 11) is 0. The molecule has 0 radical (unpaired) electrons. The number of nitrogens with two attached hydrogens (primary N) is 1. The number of carbonyl (C=O) groups excluding carboxylic acids is 1. The largest absolute Gasteiger partial charge is 0.508 e. The van der Waals surface area contributed by atoms with Crippen LogP contribution in [0.15, 0.2) is 24.4 Å². The highest BCUT2D eigenvalue weighted by Crippen LogP contribution is 2.23. The van der Waals surface area contributed by atoms with Gasteiger partial charge in [0, 0.05) is 17.1 Å². The Kier molecular flexibility index (Phi) is 4.90. The van der Waals surface area contributed by atoms with Gasteiger partial charge in [-0.2, -0.15) is 0 Å². The maximum absolute atomic E-state index is 12.1. The van der Waals surface area contributed by atoms with E-state index < -0.39 is 24.0 Å². The summed E-state index contributed by atoms with van der Waals surface area (Å²) in [5.74, 6) is -1.71. The maximum Gasteiger partial charge on any atom is 0.326 e. The summed E-state index contributed by atoms with van der Waals surface area (Å²) in [6.45, 7) is 3.43. The van der Waals surface area contributed by atoms with E-state index >= 15 is 0 Å². The van der Waals surface area contributed by atoms with Crippen molar-refractivity contribution in [2.24, 2.45) is 11.7 Å². The Hall–Kier alpha value is -2.54. The van der Waals surface area contributed by atoms with Crippen LogP contribution in [0.4, 0.5) is 0 Å². The number of carboxylic acids is 1. The van der Waals surface area contributed by atoms with Gasteiger partial charge in [-0.1, -0.05) is 13.8 Å².